The van der Waals surface area contributed by atoms with E-state index in [2.05, 4.69) is 10.9 Å². The number of nitrogens with two attached hydrogens (primary N) is 1. The molecule has 10 nitrogen and oxygen atoms in total. The van der Waals surface area contributed by atoms with E-state index in [9.17, 15) is 24.8 Å². The Balaban J connectivity index is 1.72. The van der Waals surface area contributed by atoms with Crippen LogP contribution in [0.1, 0.15) is 20.9 Å². The molecule has 0 atom stereocenters. The van der Waals surface area contributed by atoms with Crippen molar-refractivity contribution in [2.45, 2.75) is 0 Å². The molecule has 0 unspecified atom stereocenters. The molecule has 0 aliphatic rings. The van der Waals surface area contributed by atoms with Gasteiger partial charge in [-0.1, -0.05) is 12.1 Å². The predicted molar refractivity (Wildman–Crippen MR) is 98.2 cm³/mol. The minimum atomic E-state index is -0.827. The quantitative estimate of drug-likeness (QED) is 0.305. The number of benzene rings is 2. The molecule has 0 saturated carbocycles. The van der Waals surface area contributed by atoms with E-state index in [4.69, 9.17) is 10.2 Å². The summed E-state index contributed by atoms with van der Waals surface area (Å²) in [6.07, 6.45) is 1.33. The molecule has 142 valence electrons. The van der Waals surface area contributed by atoms with Gasteiger partial charge in [-0.05, 0) is 35.9 Å². The van der Waals surface area contributed by atoms with Crippen LogP contribution < -0.4 is 16.6 Å². The van der Waals surface area contributed by atoms with Gasteiger partial charge >= 0.3 is 11.6 Å². The number of rotatable bonds is 4. The third-order valence-corrected chi connectivity index (χ3v) is 3.82. The fourth-order valence-electron chi connectivity index (χ4n) is 2.43. The number of nitro groups is 1. The number of hydrogen-bond acceptors (Lipinski definition) is 7. The second-order valence-electron chi connectivity index (χ2n) is 5.65. The molecule has 0 radical (unpaired) electrons. The lowest BCUT2D eigenvalue weighted by Gasteiger charge is -2.08. The Morgan fingerprint density at radius 1 is 1.04 bits per heavy atom. The number of hydrazine groups is 1. The topological polar surface area (TPSA) is 161 Å². The summed E-state index contributed by atoms with van der Waals surface area (Å²) in [5, 5.41) is 20.3. The van der Waals surface area contributed by atoms with Crippen LogP contribution in [0.4, 0.5) is 11.4 Å². The summed E-state index contributed by atoms with van der Waals surface area (Å²) in [6.45, 7) is 0. The highest BCUT2D eigenvalue weighted by atomic mass is 16.6. The van der Waals surface area contributed by atoms with Gasteiger partial charge in [0, 0.05) is 22.9 Å². The average molecular weight is 382 g/mol. The van der Waals surface area contributed by atoms with E-state index in [1.807, 2.05) is 0 Å². The lowest BCUT2D eigenvalue weighted by Crippen LogP contribution is -2.41. The maximum Gasteiger partial charge on any atom is 0.311 e. The number of aromatic hydroxyl groups is 1. The maximum absolute atomic E-state index is 12.3. The number of nitrogens with zero attached hydrogens (tertiary/aromatic N) is 1. The van der Waals surface area contributed by atoms with E-state index in [0.29, 0.717) is 16.8 Å². The molecule has 2 amide bonds. The van der Waals surface area contributed by atoms with Gasteiger partial charge in [0.25, 0.3) is 5.91 Å². The highest BCUT2D eigenvalue weighted by Crippen LogP contribution is 2.27. The zero-order valence-corrected chi connectivity index (χ0v) is 14.2. The third-order valence-electron chi connectivity index (χ3n) is 3.82. The molecule has 2 aromatic carbocycles. The number of carbonyl (C=O) groups excluding carboxylic acids is 2. The number of hydrogen-bond donors (Lipinski definition) is 4. The van der Waals surface area contributed by atoms with E-state index in [1.54, 1.807) is 30.3 Å². The van der Waals surface area contributed by atoms with Gasteiger partial charge in [0.05, 0.1) is 11.2 Å². The molecule has 3 aromatic rings. The van der Waals surface area contributed by atoms with E-state index in [-0.39, 0.29) is 11.3 Å². The second kappa shape index (κ2) is 7.50. The first kappa shape index (κ1) is 18.5. The van der Waals surface area contributed by atoms with Crippen LogP contribution in [0.2, 0.25) is 0 Å². The van der Waals surface area contributed by atoms with Gasteiger partial charge in [0.15, 0.2) is 5.75 Å². The van der Waals surface area contributed by atoms with Crippen LogP contribution in [0.25, 0.3) is 11.1 Å². The molecule has 0 bridgehead atoms. The van der Waals surface area contributed by atoms with Crippen molar-refractivity contribution < 1.29 is 24.0 Å². The van der Waals surface area contributed by atoms with E-state index in [1.165, 1.54) is 12.3 Å². The minimum absolute atomic E-state index is 0.0400. The van der Waals surface area contributed by atoms with Gasteiger partial charge < -0.3 is 15.3 Å². The summed E-state index contributed by atoms with van der Waals surface area (Å²) >= 11 is 0. The monoisotopic (exact) mass is 382 g/mol. The fourth-order valence-corrected chi connectivity index (χ4v) is 2.43. The first-order valence-corrected chi connectivity index (χ1v) is 7.88. The van der Waals surface area contributed by atoms with Crippen molar-refractivity contribution >= 4 is 23.2 Å². The summed E-state index contributed by atoms with van der Waals surface area (Å²) in [7, 11) is 0. The van der Waals surface area contributed by atoms with Crippen molar-refractivity contribution in [2.24, 2.45) is 0 Å². The van der Waals surface area contributed by atoms with E-state index >= 15 is 0 Å². The van der Waals surface area contributed by atoms with Crippen LogP contribution in [0.3, 0.4) is 0 Å². The van der Waals surface area contributed by atoms with Crippen LogP contribution in [0, 0.1) is 10.1 Å². The van der Waals surface area contributed by atoms with Crippen molar-refractivity contribution in [3.05, 3.63) is 76.2 Å². The van der Waals surface area contributed by atoms with Gasteiger partial charge in [0.2, 0.25) is 5.76 Å². The summed E-state index contributed by atoms with van der Waals surface area (Å²) in [5.41, 5.74) is 11.0. The van der Waals surface area contributed by atoms with E-state index < -0.39 is 28.2 Å². The molecule has 0 saturated heterocycles. The molecule has 3 rings (SSSR count). The molecular formula is C18H14N4O6. The van der Waals surface area contributed by atoms with Crippen molar-refractivity contribution in [3.63, 3.8) is 0 Å². The Morgan fingerprint density at radius 2 is 1.71 bits per heavy atom. The molecular weight excluding hydrogens is 368 g/mol. The first-order valence-electron chi connectivity index (χ1n) is 7.88. The molecule has 0 aliphatic carbocycles. The number of furan rings is 1. The molecule has 10 heteroatoms. The lowest BCUT2D eigenvalue weighted by atomic mass is 10.1. The Morgan fingerprint density at radius 3 is 2.39 bits per heavy atom. The predicted octanol–water partition coefficient (Wildman–Crippen LogP) is 2.22. The zero-order chi connectivity index (χ0) is 20.3. The molecule has 1 heterocycles. The van der Waals surface area contributed by atoms with Gasteiger partial charge in [0.1, 0.15) is 0 Å². The number of phenols is 1. The van der Waals surface area contributed by atoms with Gasteiger partial charge in [-0.2, -0.15) is 0 Å². The largest absolute Gasteiger partial charge is 0.502 e. The average Bonchev–Trinajstić information content (AvgIpc) is 3.16. The summed E-state index contributed by atoms with van der Waals surface area (Å²) < 4.78 is 5.20. The Hall–Kier alpha value is -4.34. The summed E-state index contributed by atoms with van der Waals surface area (Å²) in [6, 6.07) is 11.4. The molecule has 0 fully saturated rings. The van der Waals surface area contributed by atoms with Crippen LogP contribution in [-0.2, 0) is 0 Å². The SMILES string of the molecule is Nc1ccc(-c2ccoc2C(=O)NNC(=O)c2ccc(O)c([N+](=O)[O-])c2)cc1. The zero-order valence-electron chi connectivity index (χ0n) is 14.2. The second-order valence-corrected chi connectivity index (χ2v) is 5.65. The Kier molecular flexibility index (Phi) is 4.94. The number of amides is 2. The summed E-state index contributed by atoms with van der Waals surface area (Å²) in [5.74, 6) is -2.15. The van der Waals surface area contributed by atoms with Crippen LogP contribution in [-0.4, -0.2) is 21.8 Å². The van der Waals surface area contributed by atoms with Crippen LogP contribution in [0.15, 0.2) is 59.2 Å². The first-order chi connectivity index (χ1) is 13.4. The van der Waals surface area contributed by atoms with Crippen LogP contribution >= 0.6 is 0 Å². The number of nitrogens with one attached hydrogen (secondary N) is 2. The molecule has 5 N–H and O–H groups in total. The molecule has 0 aliphatic heterocycles. The normalized spacial score (nSPS) is 10.3. The summed E-state index contributed by atoms with van der Waals surface area (Å²) in [4.78, 5) is 34.5. The highest BCUT2D eigenvalue weighted by Gasteiger charge is 2.20. The number of nitrogen functional groups attached to an aromatic ring is 1. The smallest absolute Gasteiger partial charge is 0.311 e. The lowest BCUT2D eigenvalue weighted by molar-refractivity contribution is -0.385. The van der Waals surface area contributed by atoms with Crippen molar-refractivity contribution in [2.75, 3.05) is 5.73 Å². The van der Waals surface area contributed by atoms with Crippen molar-refractivity contribution in [1.82, 2.24) is 10.9 Å². The third kappa shape index (κ3) is 3.75. The van der Waals surface area contributed by atoms with Gasteiger partial charge in [-0.3, -0.25) is 30.6 Å². The Labute approximate surface area is 157 Å². The van der Waals surface area contributed by atoms with Gasteiger partial charge in [-0.15, -0.1) is 0 Å². The van der Waals surface area contributed by atoms with Crippen molar-refractivity contribution in [1.29, 1.82) is 0 Å². The molecule has 0 spiro atoms. The molecule has 1 aromatic heterocycles. The number of anilines is 1. The standard InChI is InChI=1S/C18H14N4O6/c19-12-4-1-10(2-5-12)13-7-8-28-16(13)18(25)21-20-17(24)11-3-6-15(23)14(9-11)22(26)27/h1-9,23H,19H2,(H,20,24)(H,21,25). The maximum atomic E-state index is 12.3. The number of carbonyl (C=O) groups is 2. The highest BCUT2D eigenvalue weighted by molar-refractivity contribution is 6.01. The van der Waals surface area contributed by atoms with Gasteiger partial charge in [-0.25, -0.2) is 0 Å². The minimum Gasteiger partial charge on any atom is -0.502 e. The van der Waals surface area contributed by atoms with Crippen LogP contribution in [0.5, 0.6) is 5.75 Å². The van der Waals surface area contributed by atoms with E-state index in [0.717, 1.165) is 12.1 Å². The Bertz CT molecular complexity index is 1060. The van der Waals surface area contributed by atoms with Crippen molar-refractivity contribution in [3.8, 4) is 16.9 Å². The fraction of sp³-hybridized carbons (Fsp3) is 0. The number of phenolic OH excluding ortho intramolecular Hbond substituents is 1. The molecule has 28 heavy (non-hydrogen) atoms. The number of nitro benzene ring substituents is 1.